The number of benzene rings is 3. The minimum atomic E-state index is -1.53. The van der Waals surface area contributed by atoms with Crippen molar-refractivity contribution in [1.82, 2.24) is 9.97 Å². The normalized spacial score (nSPS) is 11.1. The fourth-order valence-corrected chi connectivity index (χ4v) is 6.02. The Balaban J connectivity index is 0.000000213. The third-order valence-electron chi connectivity index (χ3n) is 6.65. The molecule has 0 aliphatic carbocycles. The van der Waals surface area contributed by atoms with Gasteiger partial charge in [-0.05, 0) is 41.9 Å². The van der Waals surface area contributed by atoms with Crippen LogP contribution < -0.4 is 5.19 Å². The predicted octanol–water partition coefficient (Wildman–Crippen LogP) is 8.41. The van der Waals surface area contributed by atoms with Crippen molar-refractivity contribution in [2.24, 2.45) is 0 Å². The minimum absolute atomic E-state index is 0. The number of pyridine rings is 2. The van der Waals surface area contributed by atoms with Crippen LogP contribution in [0.3, 0.4) is 0 Å². The maximum absolute atomic E-state index is 6.28. The Bertz CT molecular complexity index is 1670. The van der Waals surface area contributed by atoms with Crippen molar-refractivity contribution in [3.8, 4) is 22.5 Å². The van der Waals surface area contributed by atoms with Gasteiger partial charge in [-0.25, -0.2) is 0 Å². The van der Waals surface area contributed by atoms with Crippen LogP contribution in [0.2, 0.25) is 19.6 Å². The Hall–Kier alpha value is -3.37. The molecule has 0 amide bonds. The largest absolute Gasteiger partial charge is 0.501 e. The molecule has 3 aromatic carbocycles. The van der Waals surface area contributed by atoms with E-state index in [1.54, 1.807) is 0 Å². The third-order valence-corrected chi connectivity index (χ3v) is 8.66. The van der Waals surface area contributed by atoms with Crippen molar-refractivity contribution in [2.45, 2.75) is 39.9 Å². The van der Waals surface area contributed by atoms with Gasteiger partial charge in [0.1, 0.15) is 5.58 Å². The monoisotopic (exact) mass is 705 g/mol. The second-order valence-electron chi connectivity index (χ2n) is 10.5. The molecular weight excluding hydrogens is 673 g/mol. The summed E-state index contributed by atoms with van der Waals surface area (Å²) in [7, 11) is -1.53. The molecule has 39 heavy (non-hydrogen) atoms. The summed E-state index contributed by atoms with van der Waals surface area (Å²) in [5.41, 5.74) is 8.16. The Morgan fingerprint density at radius 3 is 2.21 bits per heavy atom. The number of fused-ring (bicyclic) bond motifs is 3. The molecule has 6 aromatic rings. The number of hydrogen-bond acceptors (Lipinski definition) is 3. The molecule has 199 valence electrons. The van der Waals surface area contributed by atoms with Crippen LogP contribution in [0, 0.1) is 19.1 Å². The molecule has 0 fully saturated rings. The molecular formula is C34H32IrN2OSi-2. The smallest absolute Gasteiger partial charge is 0.120 e. The van der Waals surface area contributed by atoms with Crippen LogP contribution in [0.15, 0.2) is 95.7 Å². The summed E-state index contributed by atoms with van der Waals surface area (Å²) in [5, 5.41) is 3.82. The molecule has 3 nitrogen and oxygen atoms in total. The third kappa shape index (κ3) is 6.28. The zero-order valence-corrected chi connectivity index (χ0v) is 26.4. The molecule has 0 atom stereocenters. The molecule has 3 heterocycles. The topological polar surface area (TPSA) is 38.9 Å². The van der Waals surface area contributed by atoms with Crippen LogP contribution in [0.4, 0.5) is 0 Å². The summed E-state index contributed by atoms with van der Waals surface area (Å²) in [6.07, 6.45) is 4.81. The average Bonchev–Trinajstić information content (AvgIpc) is 3.33. The van der Waals surface area contributed by atoms with Gasteiger partial charge in [0.15, 0.2) is 0 Å². The van der Waals surface area contributed by atoms with Crippen molar-refractivity contribution in [3.05, 3.63) is 115 Å². The average molecular weight is 705 g/mol. The van der Waals surface area contributed by atoms with Crippen molar-refractivity contribution in [2.75, 3.05) is 0 Å². The van der Waals surface area contributed by atoms with E-state index in [2.05, 4.69) is 85.1 Å². The first-order chi connectivity index (χ1) is 18.3. The van der Waals surface area contributed by atoms with Crippen LogP contribution in [0.1, 0.15) is 18.1 Å². The number of rotatable bonds is 4. The first-order valence-corrected chi connectivity index (χ1v) is 16.6. The predicted molar refractivity (Wildman–Crippen MR) is 161 cm³/mol. The van der Waals surface area contributed by atoms with E-state index in [0.717, 1.165) is 40.1 Å². The fourth-order valence-electron chi connectivity index (χ4n) is 4.51. The van der Waals surface area contributed by atoms with Gasteiger partial charge >= 0.3 is 0 Å². The summed E-state index contributed by atoms with van der Waals surface area (Å²) in [6, 6.07) is 33.2. The molecule has 0 saturated carbocycles. The van der Waals surface area contributed by atoms with Crippen LogP contribution in [-0.2, 0) is 26.5 Å². The van der Waals surface area contributed by atoms with Gasteiger partial charge in [0, 0.05) is 46.0 Å². The molecule has 0 bridgehead atoms. The zero-order valence-electron chi connectivity index (χ0n) is 23.0. The summed E-state index contributed by atoms with van der Waals surface area (Å²) >= 11 is 0. The Kier molecular flexibility index (Phi) is 8.96. The number of para-hydroxylation sites is 1. The van der Waals surface area contributed by atoms with Crippen molar-refractivity contribution in [3.63, 3.8) is 0 Å². The summed E-state index contributed by atoms with van der Waals surface area (Å²) in [5.74, 6) is 0. The Morgan fingerprint density at radius 1 is 0.821 bits per heavy atom. The summed E-state index contributed by atoms with van der Waals surface area (Å²) < 4.78 is 6.28. The van der Waals surface area contributed by atoms with Gasteiger partial charge in [0.05, 0.1) is 5.58 Å². The fraction of sp³-hybridized carbons (Fsp3) is 0.176. The summed E-state index contributed by atoms with van der Waals surface area (Å²) in [4.78, 5) is 8.97. The van der Waals surface area contributed by atoms with Crippen LogP contribution >= 0.6 is 0 Å². The Labute approximate surface area is 245 Å². The van der Waals surface area contributed by atoms with E-state index in [4.69, 9.17) is 4.42 Å². The molecule has 0 spiro atoms. The molecule has 0 unspecified atom stereocenters. The standard InChI is InChI=1S/C22H22NOSi.C12H10N.Ir/c1-5-15-10-12-18(23-14-15)16-11-13-20(25(2,3)4)21-17-8-6-7-9-19(17)24-22(16)21;1-10-7-8-12(13-9-10)11-5-3-2-4-6-11;/h6-10,12-14H,5H2,1-4H3;2-5,7-9H,1H3;/q2*-1;. The van der Waals surface area contributed by atoms with Gasteiger partial charge < -0.3 is 14.4 Å². The molecule has 0 aliphatic heterocycles. The molecule has 6 rings (SSSR count). The Morgan fingerprint density at radius 2 is 1.56 bits per heavy atom. The van der Waals surface area contributed by atoms with Crippen LogP contribution in [0.5, 0.6) is 0 Å². The first-order valence-electron chi connectivity index (χ1n) is 13.1. The number of nitrogens with zero attached hydrogens (tertiary/aromatic N) is 2. The van der Waals surface area contributed by atoms with Gasteiger partial charge in [0.25, 0.3) is 0 Å². The van der Waals surface area contributed by atoms with Gasteiger partial charge in [-0.15, -0.1) is 53.2 Å². The van der Waals surface area contributed by atoms with Crippen LogP contribution in [-0.4, -0.2) is 18.0 Å². The van der Waals surface area contributed by atoms with E-state index < -0.39 is 8.07 Å². The molecule has 0 aliphatic rings. The number of aromatic nitrogens is 2. The minimum Gasteiger partial charge on any atom is -0.501 e. The maximum atomic E-state index is 6.28. The maximum Gasteiger partial charge on any atom is 0.120 e. The second-order valence-corrected chi connectivity index (χ2v) is 15.6. The van der Waals surface area contributed by atoms with Gasteiger partial charge in [0.2, 0.25) is 0 Å². The first kappa shape index (κ1) is 28.6. The number of hydrogen-bond donors (Lipinski definition) is 0. The number of furan rings is 1. The van der Waals surface area contributed by atoms with E-state index in [9.17, 15) is 0 Å². The van der Waals surface area contributed by atoms with E-state index in [1.807, 2.05) is 61.8 Å². The number of aryl methyl sites for hydroxylation is 2. The van der Waals surface area contributed by atoms with Crippen molar-refractivity contribution in [1.29, 1.82) is 0 Å². The SMILES string of the molecule is CCc1ccc(-c2[c-]cc([Si](C)(C)C)c3c2oc2ccccc23)nc1.Cc1ccc(-c2[c-]cccc2)nc1.[Ir]. The van der Waals surface area contributed by atoms with Crippen LogP contribution in [0.25, 0.3) is 44.5 Å². The molecule has 3 aromatic heterocycles. The van der Waals surface area contributed by atoms with E-state index >= 15 is 0 Å². The van der Waals surface area contributed by atoms with E-state index in [-0.39, 0.29) is 20.1 Å². The zero-order chi connectivity index (χ0) is 26.7. The molecule has 0 N–H and O–H groups in total. The van der Waals surface area contributed by atoms with Gasteiger partial charge in [-0.3, -0.25) is 0 Å². The second kappa shape index (κ2) is 12.2. The summed E-state index contributed by atoms with van der Waals surface area (Å²) in [6.45, 7) is 11.3. The van der Waals surface area contributed by atoms with Gasteiger partial charge in [-0.1, -0.05) is 80.0 Å². The molecule has 0 saturated heterocycles. The van der Waals surface area contributed by atoms with Crippen molar-refractivity contribution < 1.29 is 24.5 Å². The van der Waals surface area contributed by atoms with Gasteiger partial charge in [-0.2, -0.15) is 0 Å². The van der Waals surface area contributed by atoms with Crippen molar-refractivity contribution >= 4 is 35.2 Å². The van der Waals surface area contributed by atoms with E-state index in [1.165, 1.54) is 27.1 Å². The molecule has 1 radical (unpaired) electrons. The van der Waals surface area contributed by atoms with E-state index in [0.29, 0.717) is 0 Å². The molecule has 5 heteroatoms. The quantitative estimate of drug-likeness (QED) is 0.137.